The van der Waals surface area contributed by atoms with Crippen molar-refractivity contribution in [3.8, 4) is 0 Å². The molecule has 0 N–H and O–H groups in total. The molecule has 0 saturated heterocycles. The standard InChI is InChI=1S/C22H16F3O2P.C2H6/c23-22(24,25)21(27)15-19(26)18-13-7-8-14-20(18)28(16-9-3-1-4-10-16)17-11-5-2-6-12-17;1-2/h1-14H,15H2;1-2H3. The molecule has 0 spiro atoms. The van der Waals surface area contributed by atoms with Gasteiger partial charge in [0.1, 0.15) is 0 Å². The number of alkyl halides is 3. The van der Waals surface area contributed by atoms with E-state index in [0.717, 1.165) is 10.6 Å². The van der Waals surface area contributed by atoms with Gasteiger partial charge in [0.2, 0.25) is 5.78 Å². The number of benzene rings is 3. The molecule has 2 nitrogen and oxygen atoms in total. The van der Waals surface area contributed by atoms with Gasteiger partial charge in [-0.05, 0) is 23.8 Å². The molecule has 0 atom stereocenters. The first-order valence-electron chi connectivity index (χ1n) is 9.50. The van der Waals surface area contributed by atoms with Gasteiger partial charge in [-0.25, -0.2) is 0 Å². The second-order valence-electron chi connectivity index (χ2n) is 6.04. The fourth-order valence-electron chi connectivity index (χ4n) is 2.83. The van der Waals surface area contributed by atoms with Crippen LogP contribution in [0.4, 0.5) is 13.2 Å². The normalized spacial score (nSPS) is 10.9. The monoisotopic (exact) mass is 430 g/mol. The van der Waals surface area contributed by atoms with Crippen molar-refractivity contribution in [3.05, 3.63) is 90.5 Å². The van der Waals surface area contributed by atoms with E-state index < -0.39 is 32.1 Å². The number of rotatable bonds is 6. The molecule has 30 heavy (non-hydrogen) atoms. The molecule has 0 heterocycles. The van der Waals surface area contributed by atoms with Crippen LogP contribution in [0.5, 0.6) is 0 Å². The predicted octanol–water partition coefficient (Wildman–Crippen LogP) is 5.18. The van der Waals surface area contributed by atoms with E-state index in [9.17, 15) is 22.8 Å². The highest BCUT2D eigenvalue weighted by molar-refractivity contribution is 7.80. The summed E-state index contributed by atoms with van der Waals surface area (Å²) in [5.41, 5.74) is 0.152. The van der Waals surface area contributed by atoms with E-state index in [1.807, 2.05) is 74.5 Å². The van der Waals surface area contributed by atoms with Gasteiger partial charge >= 0.3 is 6.18 Å². The summed E-state index contributed by atoms with van der Waals surface area (Å²) >= 11 is 0. The first-order valence-corrected chi connectivity index (χ1v) is 10.8. The second kappa shape index (κ2) is 10.8. The summed E-state index contributed by atoms with van der Waals surface area (Å²) in [6, 6.07) is 25.6. The molecule has 0 saturated carbocycles. The van der Waals surface area contributed by atoms with Gasteiger partial charge in [0.15, 0.2) is 5.78 Å². The molecule has 0 amide bonds. The average molecular weight is 430 g/mol. The highest BCUT2D eigenvalue weighted by Crippen LogP contribution is 2.34. The molecule has 0 aromatic heterocycles. The van der Waals surface area contributed by atoms with Crippen molar-refractivity contribution in [3.63, 3.8) is 0 Å². The lowest BCUT2D eigenvalue weighted by atomic mass is 10.1. The summed E-state index contributed by atoms with van der Waals surface area (Å²) in [7, 11) is -1.17. The van der Waals surface area contributed by atoms with Crippen LogP contribution in [-0.4, -0.2) is 17.7 Å². The van der Waals surface area contributed by atoms with E-state index >= 15 is 0 Å². The maximum atomic E-state index is 12.6. The van der Waals surface area contributed by atoms with Crippen molar-refractivity contribution in [1.82, 2.24) is 0 Å². The molecule has 0 unspecified atom stereocenters. The Kier molecular flexibility index (Phi) is 8.49. The summed E-state index contributed by atoms with van der Waals surface area (Å²) in [6.45, 7) is 4.00. The van der Waals surface area contributed by atoms with Gasteiger partial charge in [-0.1, -0.05) is 98.8 Å². The number of halogens is 3. The van der Waals surface area contributed by atoms with Crippen LogP contribution >= 0.6 is 7.92 Å². The summed E-state index contributed by atoms with van der Waals surface area (Å²) < 4.78 is 37.8. The third kappa shape index (κ3) is 5.87. The third-order valence-electron chi connectivity index (χ3n) is 4.11. The molecule has 0 aliphatic carbocycles. The lowest BCUT2D eigenvalue weighted by Crippen LogP contribution is -2.29. The van der Waals surface area contributed by atoms with Gasteiger partial charge in [0.25, 0.3) is 0 Å². The van der Waals surface area contributed by atoms with E-state index in [-0.39, 0.29) is 5.56 Å². The largest absolute Gasteiger partial charge is 0.450 e. The highest BCUT2D eigenvalue weighted by Gasteiger charge is 2.39. The van der Waals surface area contributed by atoms with Gasteiger partial charge in [0.05, 0.1) is 6.42 Å². The molecule has 6 heteroatoms. The molecule has 0 aliphatic heterocycles. The number of hydrogen-bond acceptors (Lipinski definition) is 2. The smallest absolute Gasteiger partial charge is 0.294 e. The maximum absolute atomic E-state index is 12.6. The van der Waals surface area contributed by atoms with Crippen LogP contribution in [0.1, 0.15) is 30.6 Å². The number of carbonyl (C=O) groups excluding carboxylic acids is 2. The summed E-state index contributed by atoms with van der Waals surface area (Å²) in [4.78, 5) is 23.9. The fraction of sp³-hybridized carbons (Fsp3) is 0.167. The Morgan fingerprint density at radius 2 is 1.17 bits per heavy atom. The molecule has 0 aliphatic rings. The Hall–Kier alpha value is -2.78. The summed E-state index contributed by atoms with van der Waals surface area (Å²) in [5.74, 6) is -2.85. The van der Waals surface area contributed by atoms with Gasteiger partial charge in [-0.2, -0.15) is 13.2 Å². The average Bonchev–Trinajstić information content (AvgIpc) is 2.76. The number of Topliss-reactive ketones (excluding diaryl/α,β-unsaturated/α-hetero) is 2. The number of carbonyl (C=O) groups is 2. The van der Waals surface area contributed by atoms with Crippen LogP contribution < -0.4 is 15.9 Å². The topological polar surface area (TPSA) is 34.1 Å². The van der Waals surface area contributed by atoms with Crippen molar-refractivity contribution in [1.29, 1.82) is 0 Å². The van der Waals surface area contributed by atoms with Crippen molar-refractivity contribution in [2.75, 3.05) is 0 Å². The molecule has 0 bridgehead atoms. The summed E-state index contributed by atoms with van der Waals surface area (Å²) in [5, 5.41) is 2.56. The number of ketones is 2. The van der Waals surface area contributed by atoms with Crippen LogP contribution in [0.25, 0.3) is 0 Å². The minimum atomic E-state index is -5.02. The van der Waals surface area contributed by atoms with E-state index in [0.29, 0.717) is 5.30 Å². The minimum absolute atomic E-state index is 0.152. The van der Waals surface area contributed by atoms with Gasteiger partial charge in [0, 0.05) is 5.56 Å². The van der Waals surface area contributed by atoms with Gasteiger partial charge in [-0.3, -0.25) is 9.59 Å². The van der Waals surface area contributed by atoms with Crippen molar-refractivity contribution in [2.24, 2.45) is 0 Å². The zero-order valence-electron chi connectivity index (χ0n) is 16.7. The van der Waals surface area contributed by atoms with E-state index in [2.05, 4.69) is 0 Å². The molecule has 0 radical (unpaired) electrons. The van der Waals surface area contributed by atoms with E-state index in [4.69, 9.17) is 0 Å². The molecular formula is C24H22F3O2P. The van der Waals surface area contributed by atoms with Crippen molar-refractivity contribution < 1.29 is 22.8 Å². The molecular weight excluding hydrogens is 408 g/mol. The Morgan fingerprint density at radius 1 is 0.733 bits per heavy atom. The zero-order chi connectivity index (χ0) is 22.1. The van der Waals surface area contributed by atoms with E-state index in [1.54, 1.807) is 18.2 Å². The Bertz CT molecular complexity index is 931. The van der Waals surface area contributed by atoms with Crippen LogP contribution in [-0.2, 0) is 4.79 Å². The molecule has 3 aromatic carbocycles. The Morgan fingerprint density at radius 3 is 1.63 bits per heavy atom. The third-order valence-corrected chi connectivity index (χ3v) is 6.61. The highest BCUT2D eigenvalue weighted by atomic mass is 31.1. The van der Waals surface area contributed by atoms with Crippen molar-refractivity contribution in [2.45, 2.75) is 26.4 Å². The zero-order valence-corrected chi connectivity index (χ0v) is 17.6. The predicted molar refractivity (Wildman–Crippen MR) is 117 cm³/mol. The molecule has 0 fully saturated rings. The Balaban J connectivity index is 0.00000155. The Labute approximate surface area is 175 Å². The van der Waals surface area contributed by atoms with Gasteiger partial charge in [-0.15, -0.1) is 0 Å². The van der Waals surface area contributed by atoms with Crippen LogP contribution in [0.15, 0.2) is 84.9 Å². The quantitative estimate of drug-likeness (QED) is 0.307. The number of hydrogen-bond donors (Lipinski definition) is 0. The molecule has 3 aromatic rings. The fourth-order valence-corrected chi connectivity index (χ4v) is 5.30. The second-order valence-corrected chi connectivity index (χ2v) is 8.23. The minimum Gasteiger partial charge on any atom is -0.294 e. The lowest BCUT2D eigenvalue weighted by Gasteiger charge is -2.21. The molecule has 156 valence electrons. The lowest BCUT2D eigenvalue weighted by molar-refractivity contribution is -0.170. The van der Waals surface area contributed by atoms with Crippen LogP contribution in [0, 0.1) is 0 Å². The SMILES string of the molecule is CC.O=C(CC(=O)C(F)(F)F)c1ccccc1P(c1ccccc1)c1ccccc1. The van der Waals surface area contributed by atoms with Crippen LogP contribution in [0.2, 0.25) is 0 Å². The van der Waals surface area contributed by atoms with Crippen LogP contribution in [0.3, 0.4) is 0 Å². The van der Waals surface area contributed by atoms with E-state index in [1.165, 1.54) is 6.07 Å². The first kappa shape index (κ1) is 23.5. The van der Waals surface area contributed by atoms with Gasteiger partial charge < -0.3 is 0 Å². The molecule has 3 rings (SSSR count). The first-order chi connectivity index (χ1) is 14.4. The van der Waals surface area contributed by atoms with Crippen molar-refractivity contribution >= 4 is 35.4 Å². The summed E-state index contributed by atoms with van der Waals surface area (Å²) in [6.07, 6.45) is -6.21. The maximum Gasteiger partial charge on any atom is 0.450 e.